The Bertz CT molecular complexity index is 485. The quantitative estimate of drug-likeness (QED) is 0.762. The van der Waals surface area contributed by atoms with Gasteiger partial charge in [-0.15, -0.1) is 0 Å². The van der Waals surface area contributed by atoms with Crippen LogP contribution < -0.4 is 4.90 Å². The predicted molar refractivity (Wildman–Crippen MR) is 75.7 cm³/mol. The Kier molecular flexibility index (Phi) is 4.20. The lowest BCUT2D eigenvalue weighted by atomic mass is 10.1. The van der Waals surface area contributed by atoms with Crippen molar-refractivity contribution in [3.05, 3.63) is 29.3 Å². The van der Waals surface area contributed by atoms with E-state index >= 15 is 0 Å². The number of rotatable bonds is 2. The first kappa shape index (κ1) is 13.6. The predicted octanol–water partition coefficient (Wildman–Crippen LogP) is 1.87. The molecule has 0 radical (unpaired) electrons. The average molecular weight is 260 g/mol. The number of aldehydes is 1. The summed E-state index contributed by atoms with van der Waals surface area (Å²) >= 11 is 0. The molecular weight excluding hydrogens is 240 g/mol. The molecule has 0 aromatic heterocycles. The first-order valence-corrected chi connectivity index (χ1v) is 6.68. The Balaban J connectivity index is 2.12. The molecule has 0 spiro atoms. The van der Waals surface area contributed by atoms with E-state index in [2.05, 4.69) is 4.90 Å². The molecule has 2 rings (SSSR count). The average Bonchev–Trinajstić information content (AvgIpc) is 2.64. The van der Waals surface area contributed by atoms with E-state index in [9.17, 15) is 9.59 Å². The summed E-state index contributed by atoms with van der Waals surface area (Å²) in [5.41, 5.74) is 2.87. The number of carbonyl (C=O) groups is 2. The van der Waals surface area contributed by atoms with Crippen LogP contribution in [0.5, 0.6) is 0 Å². The molecule has 1 heterocycles. The third-order valence-electron chi connectivity index (χ3n) is 3.69. The van der Waals surface area contributed by atoms with E-state index in [1.54, 1.807) is 6.92 Å². The molecule has 19 heavy (non-hydrogen) atoms. The van der Waals surface area contributed by atoms with Crippen LogP contribution in [0.1, 0.15) is 29.3 Å². The molecule has 0 unspecified atom stereocenters. The maximum atomic E-state index is 11.4. The third-order valence-corrected chi connectivity index (χ3v) is 3.69. The Labute approximate surface area is 114 Å². The fraction of sp³-hybridized carbons (Fsp3) is 0.467. The molecule has 1 aromatic rings. The SMILES string of the molecule is CC(=O)N1CCCN(c2ccc(C=O)c(C)c2)CC1. The summed E-state index contributed by atoms with van der Waals surface area (Å²) in [6.07, 6.45) is 1.87. The van der Waals surface area contributed by atoms with Crippen molar-refractivity contribution < 1.29 is 9.59 Å². The first-order valence-electron chi connectivity index (χ1n) is 6.68. The summed E-state index contributed by atoms with van der Waals surface area (Å²) in [5, 5.41) is 0. The Morgan fingerprint density at radius 3 is 2.63 bits per heavy atom. The molecule has 1 aliphatic rings. The molecule has 0 bridgehead atoms. The standard InChI is InChI=1S/C15H20N2O2/c1-12-10-15(5-4-14(12)11-18)17-7-3-6-16(8-9-17)13(2)19/h4-5,10-11H,3,6-9H2,1-2H3. The van der Waals surface area contributed by atoms with Crippen LogP contribution in [0.2, 0.25) is 0 Å². The van der Waals surface area contributed by atoms with Gasteiger partial charge in [0.05, 0.1) is 0 Å². The van der Waals surface area contributed by atoms with Crippen molar-refractivity contribution in [3.8, 4) is 0 Å². The summed E-state index contributed by atoms with van der Waals surface area (Å²) in [4.78, 5) is 26.4. The molecule has 1 amide bonds. The van der Waals surface area contributed by atoms with E-state index in [0.29, 0.717) is 0 Å². The molecule has 1 aliphatic heterocycles. The topological polar surface area (TPSA) is 40.6 Å². The highest BCUT2D eigenvalue weighted by Gasteiger charge is 2.17. The van der Waals surface area contributed by atoms with Gasteiger partial charge in [-0.1, -0.05) is 0 Å². The van der Waals surface area contributed by atoms with Crippen molar-refractivity contribution in [1.29, 1.82) is 0 Å². The van der Waals surface area contributed by atoms with Crippen molar-refractivity contribution in [1.82, 2.24) is 4.90 Å². The molecular formula is C15H20N2O2. The van der Waals surface area contributed by atoms with Gasteiger partial charge in [0, 0.05) is 44.4 Å². The maximum absolute atomic E-state index is 11.4. The molecule has 4 heteroatoms. The van der Waals surface area contributed by atoms with Gasteiger partial charge in [0.2, 0.25) is 5.91 Å². The van der Waals surface area contributed by atoms with E-state index in [1.165, 1.54) is 0 Å². The van der Waals surface area contributed by atoms with Crippen molar-refractivity contribution in [3.63, 3.8) is 0 Å². The van der Waals surface area contributed by atoms with E-state index in [4.69, 9.17) is 0 Å². The van der Waals surface area contributed by atoms with E-state index in [-0.39, 0.29) is 5.91 Å². The highest BCUT2D eigenvalue weighted by atomic mass is 16.2. The van der Waals surface area contributed by atoms with E-state index < -0.39 is 0 Å². The minimum atomic E-state index is 0.148. The second-order valence-electron chi connectivity index (χ2n) is 5.01. The Morgan fingerprint density at radius 1 is 1.21 bits per heavy atom. The molecule has 1 fully saturated rings. The van der Waals surface area contributed by atoms with Gasteiger partial charge in [-0.2, -0.15) is 0 Å². The second kappa shape index (κ2) is 5.87. The van der Waals surface area contributed by atoms with Crippen molar-refractivity contribution in [2.24, 2.45) is 0 Å². The summed E-state index contributed by atoms with van der Waals surface area (Å²) in [6, 6.07) is 5.90. The lowest BCUT2D eigenvalue weighted by molar-refractivity contribution is -0.128. The van der Waals surface area contributed by atoms with Crippen LogP contribution in [-0.4, -0.2) is 43.3 Å². The third kappa shape index (κ3) is 3.13. The summed E-state index contributed by atoms with van der Waals surface area (Å²) in [7, 11) is 0. The van der Waals surface area contributed by atoms with Crippen LogP contribution in [0.3, 0.4) is 0 Å². The van der Waals surface area contributed by atoms with Crippen molar-refractivity contribution >= 4 is 17.9 Å². The smallest absolute Gasteiger partial charge is 0.219 e. The largest absolute Gasteiger partial charge is 0.370 e. The van der Waals surface area contributed by atoms with Crippen molar-refractivity contribution in [2.45, 2.75) is 20.3 Å². The van der Waals surface area contributed by atoms with E-state index in [0.717, 1.165) is 55.7 Å². The number of hydrogen-bond donors (Lipinski definition) is 0. The summed E-state index contributed by atoms with van der Waals surface area (Å²) < 4.78 is 0. The monoisotopic (exact) mass is 260 g/mol. The molecule has 0 saturated carbocycles. The molecule has 0 atom stereocenters. The van der Waals surface area contributed by atoms with Crippen molar-refractivity contribution in [2.75, 3.05) is 31.1 Å². The molecule has 1 saturated heterocycles. The fourth-order valence-corrected chi connectivity index (χ4v) is 2.48. The van der Waals surface area contributed by atoms with Gasteiger partial charge in [-0.05, 0) is 37.1 Å². The lowest BCUT2D eigenvalue weighted by Gasteiger charge is -2.24. The zero-order valence-corrected chi connectivity index (χ0v) is 11.6. The normalized spacial score (nSPS) is 16.1. The Hall–Kier alpha value is -1.84. The number of carbonyl (C=O) groups excluding carboxylic acids is 2. The van der Waals surface area contributed by atoms with Gasteiger partial charge >= 0.3 is 0 Å². The molecule has 0 N–H and O–H groups in total. The zero-order chi connectivity index (χ0) is 13.8. The van der Waals surface area contributed by atoms with Gasteiger partial charge in [0.15, 0.2) is 0 Å². The van der Waals surface area contributed by atoms with E-state index in [1.807, 2.05) is 30.0 Å². The highest BCUT2D eigenvalue weighted by molar-refractivity contribution is 5.78. The number of hydrogen-bond acceptors (Lipinski definition) is 3. The van der Waals surface area contributed by atoms with Crippen LogP contribution >= 0.6 is 0 Å². The second-order valence-corrected chi connectivity index (χ2v) is 5.01. The summed E-state index contributed by atoms with van der Waals surface area (Å²) in [6.45, 7) is 6.97. The number of benzene rings is 1. The van der Waals surface area contributed by atoms with Crippen LogP contribution in [0, 0.1) is 6.92 Å². The van der Waals surface area contributed by atoms with Gasteiger partial charge in [0.1, 0.15) is 6.29 Å². The molecule has 4 nitrogen and oxygen atoms in total. The fourth-order valence-electron chi connectivity index (χ4n) is 2.48. The van der Waals surface area contributed by atoms with Gasteiger partial charge < -0.3 is 9.80 Å². The minimum Gasteiger partial charge on any atom is -0.370 e. The van der Waals surface area contributed by atoms with Crippen LogP contribution in [0.4, 0.5) is 5.69 Å². The number of anilines is 1. The van der Waals surface area contributed by atoms with Gasteiger partial charge in [-0.25, -0.2) is 0 Å². The molecule has 1 aromatic carbocycles. The van der Waals surface area contributed by atoms with Gasteiger partial charge in [-0.3, -0.25) is 9.59 Å². The molecule has 102 valence electrons. The number of nitrogens with zero attached hydrogens (tertiary/aromatic N) is 2. The van der Waals surface area contributed by atoms with Crippen LogP contribution in [-0.2, 0) is 4.79 Å². The molecule has 0 aliphatic carbocycles. The first-order chi connectivity index (χ1) is 9.11. The zero-order valence-electron chi connectivity index (χ0n) is 11.6. The lowest BCUT2D eigenvalue weighted by Crippen LogP contribution is -2.33. The van der Waals surface area contributed by atoms with Crippen LogP contribution in [0.15, 0.2) is 18.2 Å². The highest BCUT2D eigenvalue weighted by Crippen LogP contribution is 2.20. The maximum Gasteiger partial charge on any atom is 0.219 e. The van der Waals surface area contributed by atoms with Gasteiger partial charge in [0.25, 0.3) is 0 Å². The number of aryl methyl sites for hydroxylation is 1. The minimum absolute atomic E-state index is 0.148. The summed E-state index contributed by atoms with van der Waals surface area (Å²) in [5.74, 6) is 0.148. The Morgan fingerprint density at radius 2 is 2.00 bits per heavy atom. The van der Waals surface area contributed by atoms with Crippen LogP contribution in [0.25, 0.3) is 0 Å². The number of amides is 1.